The van der Waals surface area contributed by atoms with Gasteiger partial charge in [0.2, 0.25) is 0 Å². The van der Waals surface area contributed by atoms with Crippen molar-refractivity contribution in [3.63, 3.8) is 0 Å². The fraction of sp³-hybridized carbons (Fsp3) is 0.391. The summed E-state index contributed by atoms with van der Waals surface area (Å²) in [6, 6.07) is 16.0. The fourth-order valence-corrected chi connectivity index (χ4v) is 4.05. The molecule has 1 amide bonds. The Labute approximate surface area is 160 Å². The standard InChI is InChI=1S/C23H27N3O/c1-23(12-6-3-7-13-23)16-24-22(27)18-10-11-19-20(15-18)26-21(25-19)14-17-8-4-2-5-9-17/h2,4-5,8-11,15H,3,6-7,12-14,16H2,1H3,(H,24,27)(H,25,26). The third kappa shape index (κ3) is 4.21. The van der Waals surface area contributed by atoms with E-state index in [1.807, 2.05) is 36.4 Å². The molecule has 1 aliphatic carbocycles. The number of aromatic nitrogens is 2. The number of aromatic amines is 1. The van der Waals surface area contributed by atoms with Gasteiger partial charge >= 0.3 is 0 Å². The minimum atomic E-state index is -0.00342. The summed E-state index contributed by atoms with van der Waals surface area (Å²) in [6.45, 7) is 3.04. The van der Waals surface area contributed by atoms with Crippen LogP contribution in [-0.2, 0) is 6.42 Å². The van der Waals surface area contributed by atoms with Crippen LogP contribution in [0.2, 0.25) is 0 Å². The Balaban J connectivity index is 1.45. The lowest BCUT2D eigenvalue weighted by molar-refractivity contribution is 0.0919. The molecule has 0 saturated heterocycles. The molecule has 2 N–H and O–H groups in total. The molecule has 2 aromatic carbocycles. The third-order valence-corrected chi connectivity index (χ3v) is 5.75. The number of fused-ring (bicyclic) bond motifs is 1. The fourth-order valence-electron chi connectivity index (χ4n) is 4.05. The Kier molecular flexibility index (Phi) is 4.97. The Morgan fingerprint density at radius 2 is 1.89 bits per heavy atom. The SMILES string of the molecule is CC1(CNC(=O)c2ccc3[nH]c(Cc4ccccc4)nc3c2)CCCCC1. The zero-order chi connectivity index (χ0) is 18.7. The second kappa shape index (κ2) is 7.55. The van der Waals surface area contributed by atoms with E-state index >= 15 is 0 Å². The lowest BCUT2D eigenvalue weighted by atomic mass is 9.76. The van der Waals surface area contributed by atoms with Crippen LogP contribution >= 0.6 is 0 Å². The molecule has 3 aromatic rings. The number of nitrogens with zero attached hydrogens (tertiary/aromatic N) is 1. The first-order valence-electron chi connectivity index (χ1n) is 9.92. The Morgan fingerprint density at radius 3 is 2.67 bits per heavy atom. The molecule has 4 heteroatoms. The van der Waals surface area contributed by atoms with Crippen molar-refractivity contribution in [1.82, 2.24) is 15.3 Å². The average molecular weight is 361 g/mol. The molecule has 0 unspecified atom stereocenters. The van der Waals surface area contributed by atoms with Crippen LogP contribution in [0.5, 0.6) is 0 Å². The molecule has 27 heavy (non-hydrogen) atoms. The highest BCUT2D eigenvalue weighted by molar-refractivity contribution is 5.97. The molecule has 0 bridgehead atoms. The summed E-state index contributed by atoms with van der Waals surface area (Å²) in [5.74, 6) is 0.916. The van der Waals surface area contributed by atoms with Gasteiger partial charge in [-0.1, -0.05) is 56.5 Å². The van der Waals surface area contributed by atoms with E-state index in [9.17, 15) is 4.79 Å². The van der Waals surface area contributed by atoms with Crippen molar-refractivity contribution in [2.45, 2.75) is 45.4 Å². The monoisotopic (exact) mass is 361 g/mol. The van der Waals surface area contributed by atoms with Gasteiger partial charge in [-0.3, -0.25) is 4.79 Å². The molecule has 1 aromatic heterocycles. The number of rotatable bonds is 5. The summed E-state index contributed by atoms with van der Waals surface area (Å²) < 4.78 is 0. The number of hydrogen-bond acceptors (Lipinski definition) is 2. The van der Waals surface area contributed by atoms with Crippen LogP contribution in [0.4, 0.5) is 0 Å². The molecule has 140 valence electrons. The number of nitrogens with one attached hydrogen (secondary N) is 2. The normalized spacial score (nSPS) is 16.3. The van der Waals surface area contributed by atoms with E-state index in [2.05, 4.69) is 34.3 Å². The van der Waals surface area contributed by atoms with Crippen LogP contribution in [0.3, 0.4) is 0 Å². The van der Waals surface area contributed by atoms with Gasteiger partial charge < -0.3 is 10.3 Å². The van der Waals surface area contributed by atoms with Gasteiger partial charge in [-0.25, -0.2) is 4.98 Å². The van der Waals surface area contributed by atoms with Crippen LogP contribution in [0, 0.1) is 5.41 Å². The molecule has 1 aliphatic rings. The number of H-pyrrole nitrogens is 1. The van der Waals surface area contributed by atoms with Crippen LogP contribution in [0.25, 0.3) is 11.0 Å². The molecular formula is C23H27N3O. The minimum absolute atomic E-state index is 0.00342. The molecule has 4 rings (SSSR count). The topological polar surface area (TPSA) is 57.8 Å². The zero-order valence-corrected chi connectivity index (χ0v) is 15.9. The van der Waals surface area contributed by atoms with Crippen LogP contribution in [0.1, 0.15) is 60.8 Å². The summed E-state index contributed by atoms with van der Waals surface area (Å²) in [4.78, 5) is 20.7. The third-order valence-electron chi connectivity index (χ3n) is 5.75. The Bertz CT molecular complexity index is 923. The number of carbonyl (C=O) groups is 1. The molecule has 0 radical (unpaired) electrons. The summed E-state index contributed by atoms with van der Waals surface area (Å²) in [5.41, 5.74) is 3.96. The first kappa shape index (κ1) is 17.8. The summed E-state index contributed by atoms with van der Waals surface area (Å²) in [7, 11) is 0. The van der Waals surface area contributed by atoms with Gasteiger partial charge in [0.1, 0.15) is 5.82 Å². The van der Waals surface area contributed by atoms with Crippen molar-refractivity contribution in [2.24, 2.45) is 5.41 Å². The van der Waals surface area contributed by atoms with Gasteiger partial charge in [0.15, 0.2) is 0 Å². The van der Waals surface area contributed by atoms with Gasteiger partial charge in [0, 0.05) is 18.5 Å². The molecule has 0 aliphatic heterocycles. The van der Waals surface area contributed by atoms with E-state index < -0.39 is 0 Å². The molecule has 0 spiro atoms. The quantitative estimate of drug-likeness (QED) is 0.682. The van der Waals surface area contributed by atoms with Crippen molar-refractivity contribution in [3.05, 3.63) is 65.5 Å². The highest BCUT2D eigenvalue weighted by Crippen LogP contribution is 2.35. The van der Waals surface area contributed by atoms with Crippen molar-refractivity contribution >= 4 is 16.9 Å². The van der Waals surface area contributed by atoms with Crippen molar-refractivity contribution in [1.29, 1.82) is 0 Å². The van der Waals surface area contributed by atoms with E-state index in [0.717, 1.165) is 29.8 Å². The number of imidazole rings is 1. The molecule has 1 heterocycles. The van der Waals surface area contributed by atoms with E-state index in [4.69, 9.17) is 0 Å². The largest absolute Gasteiger partial charge is 0.351 e. The lowest BCUT2D eigenvalue weighted by Gasteiger charge is -2.33. The van der Waals surface area contributed by atoms with E-state index in [1.54, 1.807) is 0 Å². The van der Waals surface area contributed by atoms with Gasteiger partial charge in [0.25, 0.3) is 5.91 Å². The van der Waals surface area contributed by atoms with E-state index in [-0.39, 0.29) is 11.3 Å². The first-order chi connectivity index (χ1) is 13.1. The Morgan fingerprint density at radius 1 is 1.11 bits per heavy atom. The van der Waals surface area contributed by atoms with Crippen LogP contribution in [-0.4, -0.2) is 22.4 Å². The van der Waals surface area contributed by atoms with Gasteiger partial charge in [-0.05, 0) is 42.0 Å². The van der Waals surface area contributed by atoms with Crippen molar-refractivity contribution in [2.75, 3.05) is 6.54 Å². The van der Waals surface area contributed by atoms with Gasteiger partial charge in [0.05, 0.1) is 11.0 Å². The molecular weight excluding hydrogens is 334 g/mol. The predicted octanol–water partition coefficient (Wildman–Crippen LogP) is 4.85. The van der Waals surface area contributed by atoms with Crippen molar-refractivity contribution in [3.8, 4) is 0 Å². The maximum atomic E-state index is 12.6. The highest BCUT2D eigenvalue weighted by Gasteiger charge is 2.27. The van der Waals surface area contributed by atoms with Crippen LogP contribution < -0.4 is 5.32 Å². The summed E-state index contributed by atoms with van der Waals surface area (Å²) in [6.07, 6.45) is 7.04. The molecule has 1 saturated carbocycles. The van der Waals surface area contributed by atoms with Gasteiger partial charge in [-0.15, -0.1) is 0 Å². The zero-order valence-electron chi connectivity index (χ0n) is 15.9. The van der Waals surface area contributed by atoms with E-state index in [0.29, 0.717) is 5.56 Å². The van der Waals surface area contributed by atoms with Crippen LogP contribution in [0.15, 0.2) is 48.5 Å². The second-order valence-electron chi connectivity index (χ2n) is 8.13. The maximum absolute atomic E-state index is 12.6. The van der Waals surface area contributed by atoms with Crippen molar-refractivity contribution < 1.29 is 4.79 Å². The predicted molar refractivity (Wildman–Crippen MR) is 109 cm³/mol. The summed E-state index contributed by atoms with van der Waals surface area (Å²) in [5, 5.41) is 3.14. The number of carbonyl (C=O) groups excluding carboxylic acids is 1. The number of benzene rings is 2. The number of hydrogen-bond donors (Lipinski definition) is 2. The first-order valence-corrected chi connectivity index (χ1v) is 9.92. The average Bonchev–Trinajstić information content (AvgIpc) is 3.09. The molecule has 0 atom stereocenters. The van der Waals surface area contributed by atoms with E-state index in [1.165, 1.54) is 37.7 Å². The molecule has 1 fully saturated rings. The minimum Gasteiger partial charge on any atom is -0.351 e. The summed E-state index contributed by atoms with van der Waals surface area (Å²) >= 11 is 0. The maximum Gasteiger partial charge on any atom is 0.251 e. The Hall–Kier alpha value is -2.62. The smallest absolute Gasteiger partial charge is 0.251 e. The second-order valence-corrected chi connectivity index (χ2v) is 8.13. The lowest BCUT2D eigenvalue weighted by Crippen LogP contribution is -2.37. The number of amides is 1. The highest BCUT2D eigenvalue weighted by atomic mass is 16.1. The molecule has 4 nitrogen and oxygen atoms in total. The van der Waals surface area contributed by atoms with Gasteiger partial charge in [-0.2, -0.15) is 0 Å².